The Balaban J connectivity index is 1.69. The maximum absolute atomic E-state index is 13.2. The first-order valence-electron chi connectivity index (χ1n) is 9.43. The van der Waals surface area contributed by atoms with Crippen molar-refractivity contribution in [3.63, 3.8) is 0 Å². The van der Waals surface area contributed by atoms with Gasteiger partial charge in [0.15, 0.2) is 0 Å². The van der Waals surface area contributed by atoms with Crippen molar-refractivity contribution in [3.05, 3.63) is 101 Å². The molecule has 0 saturated carbocycles. The normalized spacial score (nSPS) is 13.9. The maximum Gasteiger partial charge on any atom is 0.262 e. The van der Waals surface area contributed by atoms with Gasteiger partial charge in [0, 0.05) is 12.1 Å². The van der Waals surface area contributed by atoms with Crippen LogP contribution in [0, 0.1) is 6.92 Å². The summed E-state index contributed by atoms with van der Waals surface area (Å²) in [7, 11) is 0. The first kappa shape index (κ1) is 18.6. The average molecular weight is 384 g/mol. The van der Waals surface area contributed by atoms with Crippen LogP contribution in [0.15, 0.2) is 78.9 Å². The summed E-state index contributed by atoms with van der Waals surface area (Å²) >= 11 is 0. The van der Waals surface area contributed by atoms with Crippen LogP contribution in [-0.4, -0.2) is 28.7 Å². The number of anilines is 1. The van der Waals surface area contributed by atoms with Gasteiger partial charge in [-0.1, -0.05) is 60.7 Å². The molecule has 0 fully saturated rings. The Morgan fingerprint density at radius 3 is 2.00 bits per heavy atom. The summed E-state index contributed by atoms with van der Waals surface area (Å²) in [6, 6.07) is 22.5. The van der Waals surface area contributed by atoms with Crippen LogP contribution in [0.1, 0.15) is 31.8 Å². The predicted octanol–water partition coefficient (Wildman–Crippen LogP) is 3.84. The van der Waals surface area contributed by atoms with E-state index in [1.54, 1.807) is 30.3 Å². The van der Waals surface area contributed by atoms with E-state index in [-0.39, 0.29) is 6.42 Å². The minimum Gasteiger partial charge on any atom is -0.324 e. The zero-order valence-electron chi connectivity index (χ0n) is 16.0. The van der Waals surface area contributed by atoms with Gasteiger partial charge in [-0.05, 0) is 36.2 Å². The third kappa shape index (κ3) is 3.55. The summed E-state index contributed by atoms with van der Waals surface area (Å²) in [5.74, 6) is -1.27. The zero-order valence-corrected chi connectivity index (χ0v) is 16.0. The Morgan fingerprint density at radius 2 is 1.38 bits per heavy atom. The first-order chi connectivity index (χ1) is 14.1. The van der Waals surface area contributed by atoms with Gasteiger partial charge in [-0.2, -0.15) is 0 Å². The standard InChI is InChI=1S/C24H20N2O3/c1-16-9-5-8-14-20(16)25-22(27)21(15-17-10-3-2-4-11-17)26-23(28)18-12-6-7-13-19(18)24(26)29/h2-14,21H,15H2,1H3,(H,25,27). The monoisotopic (exact) mass is 384 g/mol. The van der Waals surface area contributed by atoms with Gasteiger partial charge in [0.05, 0.1) is 11.1 Å². The van der Waals surface area contributed by atoms with Gasteiger partial charge in [0.1, 0.15) is 6.04 Å². The van der Waals surface area contributed by atoms with Gasteiger partial charge in [-0.15, -0.1) is 0 Å². The van der Waals surface area contributed by atoms with Crippen molar-refractivity contribution in [1.29, 1.82) is 0 Å². The number of amides is 3. The van der Waals surface area contributed by atoms with Crippen LogP contribution in [0.5, 0.6) is 0 Å². The second kappa shape index (κ2) is 7.72. The molecule has 0 radical (unpaired) electrons. The highest BCUT2D eigenvalue weighted by Crippen LogP contribution is 2.27. The summed E-state index contributed by atoms with van der Waals surface area (Å²) in [5.41, 5.74) is 3.10. The molecule has 0 aliphatic carbocycles. The van der Waals surface area contributed by atoms with Gasteiger partial charge < -0.3 is 5.32 Å². The molecule has 5 heteroatoms. The van der Waals surface area contributed by atoms with E-state index < -0.39 is 23.8 Å². The van der Waals surface area contributed by atoms with Crippen LogP contribution in [0.25, 0.3) is 0 Å². The summed E-state index contributed by atoms with van der Waals surface area (Å²) in [4.78, 5) is 40.3. The SMILES string of the molecule is Cc1ccccc1NC(=O)C(Cc1ccccc1)N1C(=O)c2ccccc2C1=O. The molecule has 1 unspecified atom stereocenters. The molecule has 3 amide bonds. The Hall–Kier alpha value is -3.73. The number of carbonyl (C=O) groups is 3. The Labute approximate surface area is 169 Å². The van der Waals surface area contributed by atoms with Crippen LogP contribution in [0.4, 0.5) is 5.69 Å². The summed E-state index contributed by atoms with van der Waals surface area (Å²) in [6.45, 7) is 1.89. The highest BCUT2D eigenvalue weighted by atomic mass is 16.2. The summed E-state index contributed by atoms with van der Waals surface area (Å²) < 4.78 is 0. The number of nitrogens with one attached hydrogen (secondary N) is 1. The number of aryl methyl sites for hydroxylation is 1. The molecule has 1 atom stereocenters. The van der Waals surface area contributed by atoms with Crippen molar-refractivity contribution >= 4 is 23.4 Å². The number of para-hydroxylation sites is 1. The molecule has 0 bridgehead atoms. The molecule has 5 nitrogen and oxygen atoms in total. The van der Waals surface area contributed by atoms with E-state index >= 15 is 0 Å². The van der Waals surface area contributed by atoms with Crippen molar-refractivity contribution in [1.82, 2.24) is 4.90 Å². The second-order valence-corrected chi connectivity index (χ2v) is 7.04. The highest BCUT2D eigenvalue weighted by molar-refractivity contribution is 6.23. The van der Waals surface area contributed by atoms with E-state index in [9.17, 15) is 14.4 Å². The molecule has 0 aromatic heterocycles. The Kier molecular flexibility index (Phi) is 4.96. The minimum absolute atomic E-state index is 0.240. The molecule has 4 rings (SSSR count). The van der Waals surface area contributed by atoms with Crippen molar-refractivity contribution in [3.8, 4) is 0 Å². The Morgan fingerprint density at radius 1 is 0.828 bits per heavy atom. The Bertz CT molecular complexity index is 1060. The molecule has 0 saturated heterocycles. The van der Waals surface area contributed by atoms with Crippen molar-refractivity contribution in [2.45, 2.75) is 19.4 Å². The predicted molar refractivity (Wildman–Crippen MR) is 111 cm³/mol. The lowest BCUT2D eigenvalue weighted by atomic mass is 10.0. The largest absolute Gasteiger partial charge is 0.324 e. The molecule has 1 aliphatic rings. The van der Waals surface area contributed by atoms with Crippen LogP contribution in [0.2, 0.25) is 0 Å². The maximum atomic E-state index is 13.2. The molecular weight excluding hydrogens is 364 g/mol. The fourth-order valence-corrected chi connectivity index (χ4v) is 3.56. The third-order valence-electron chi connectivity index (χ3n) is 5.11. The van der Waals surface area contributed by atoms with Gasteiger partial charge in [0.2, 0.25) is 5.91 Å². The number of carbonyl (C=O) groups excluding carboxylic acids is 3. The third-order valence-corrected chi connectivity index (χ3v) is 5.11. The van der Waals surface area contributed by atoms with Gasteiger partial charge >= 0.3 is 0 Å². The van der Waals surface area contributed by atoms with E-state index in [1.165, 1.54) is 0 Å². The molecule has 144 valence electrons. The highest BCUT2D eigenvalue weighted by Gasteiger charge is 2.42. The fraction of sp³-hybridized carbons (Fsp3) is 0.125. The number of hydrogen-bond acceptors (Lipinski definition) is 3. The number of hydrogen-bond donors (Lipinski definition) is 1. The molecule has 1 heterocycles. The second-order valence-electron chi connectivity index (χ2n) is 7.04. The molecule has 1 N–H and O–H groups in total. The molecule has 29 heavy (non-hydrogen) atoms. The van der Waals surface area contributed by atoms with Gasteiger partial charge in [-0.25, -0.2) is 0 Å². The van der Waals surface area contributed by atoms with Gasteiger partial charge in [-0.3, -0.25) is 19.3 Å². The van der Waals surface area contributed by atoms with Crippen molar-refractivity contribution < 1.29 is 14.4 Å². The number of fused-ring (bicyclic) bond motifs is 1. The molecule has 0 spiro atoms. The van der Waals surface area contributed by atoms with E-state index in [0.29, 0.717) is 16.8 Å². The van der Waals surface area contributed by atoms with Gasteiger partial charge in [0.25, 0.3) is 11.8 Å². The number of imide groups is 1. The van der Waals surface area contributed by atoms with E-state index in [1.807, 2.05) is 55.5 Å². The summed E-state index contributed by atoms with van der Waals surface area (Å²) in [5, 5.41) is 2.89. The zero-order chi connectivity index (χ0) is 20.4. The van der Waals surface area contributed by atoms with E-state index in [2.05, 4.69) is 5.32 Å². The average Bonchev–Trinajstić information content (AvgIpc) is 2.99. The van der Waals surface area contributed by atoms with Crippen LogP contribution in [0.3, 0.4) is 0 Å². The van der Waals surface area contributed by atoms with Crippen molar-refractivity contribution in [2.24, 2.45) is 0 Å². The number of benzene rings is 3. The fourth-order valence-electron chi connectivity index (χ4n) is 3.56. The van der Waals surface area contributed by atoms with Crippen LogP contribution in [-0.2, 0) is 11.2 Å². The topological polar surface area (TPSA) is 66.5 Å². The van der Waals surface area contributed by atoms with Crippen LogP contribution < -0.4 is 5.32 Å². The molecule has 3 aromatic carbocycles. The smallest absolute Gasteiger partial charge is 0.262 e. The lowest BCUT2D eigenvalue weighted by molar-refractivity contribution is -0.119. The van der Waals surface area contributed by atoms with E-state index in [4.69, 9.17) is 0 Å². The molecule has 1 aliphatic heterocycles. The van der Waals surface area contributed by atoms with E-state index in [0.717, 1.165) is 16.0 Å². The molecular formula is C24H20N2O3. The number of nitrogens with zero attached hydrogens (tertiary/aromatic N) is 1. The lowest BCUT2D eigenvalue weighted by Crippen LogP contribution is -2.48. The first-order valence-corrected chi connectivity index (χ1v) is 9.43. The van der Waals surface area contributed by atoms with Crippen LogP contribution >= 0.6 is 0 Å². The summed E-state index contributed by atoms with van der Waals surface area (Å²) in [6.07, 6.45) is 0.240. The minimum atomic E-state index is -0.954. The molecule has 3 aromatic rings. The number of rotatable bonds is 5. The lowest BCUT2D eigenvalue weighted by Gasteiger charge is -2.26. The van der Waals surface area contributed by atoms with Crippen molar-refractivity contribution in [2.75, 3.05) is 5.32 Å². The quantitative estimate of drug-likeness (QED) is 0.680.